The van der Waals surface area contributed by atoms with Crippen LogP contribution in [0.5, 0.6) is 0 Å². The second kappa shape index (κ2) is 3.64. The molecule has 0 radical (unpaired) electrons. The van der Waals surface area contributed by atoms with Gasteiger partial charge in [0.05, 0.1) is 24.7 Å². The molecule has 2 atom stereocenters. The van der Waals surface area contributed by atoms with Crippen molar-refractivity contribution in [3.05, 3.63) is 0 Å². The van der Waals surface area contributed by atoms with Crippen LogP contribution in [0.3, 0.4) is 0 Å². The largest absolute Gasteiger partial charge is 0.481 e. The Hall–Kier alpha value is -0.610. The van der Waals surface area contributed by atoms with E-state index in [0.717, 1.165) is 0 Å². The molecule has 1 fully saturated rings. The number of rotatable bonds is 3. The normalized spacial score (nSPS) is 34.0. The van der Waals surface area contributed by atoms with Crippen LogP contribution in [-0.2, 0) is 9.53 Å². The van der Waals surface area contributed by atoms with Crippen molar-refractivity contribution < 1.29 is 14.6 Å². The Labute approximate surface area is 78.1 Å². The van der Waals surface area contributed by atoms with Crippen molar-refractivity contribution in [3.8, 4) is 0 Å². The van der Waals surface area contributed by atoms with E-state index in [1.54, 1.807) is 0 Å². The molecular formula is C9H17NO3. The van der Waals surface area contributed by atoms with Crippen LogP contribution < -0.4 is 5.73 Å². The maximum Gasteiger partial charge on any atom is 0.305 e. The predicted molar refractivity (Wildman–Crippen MR) is 48.4 cm³/mol. The Kier molecular flexibility index (Phi) is 2.93. The average molecular weight is 187 g/mol. The molecule has 13 heavy (non-hydrogen) atoms. The van der Waals surface area contributed by atoms with Gasteiger partial charge in [-0.15, -0.1) is 0 Å². The number of ether oxygens (including phenoxy) is 1. The molecule has 1 aliphatic rings. The summed E-state index contributed by atoms with van der Waals surface area (Å²) in [5.41, 5.74) is 5.23. The number of carbonyl (C=O) groups is 1. The maximum absolute atomic E-state index is 10.5. The Balaban J connectivity index is 2.51. The molecule has 0 aromatic carbocycles. The third kappa shape index (κ3) is 2.67. The lowest BCUT2D eigenvalue weighted by atomic mass is 9.90. The van der Waals surface area contributed by atoms with E-state index >= 15 is 0 Å². The van der Waals surface area contributed by atoms with E-state index in [0.29, 0.717) is 18.9 Å². The predicted octanol–water partition coefficient (Wildman–Crippen LogP) is 0.603. The zero-order valence-electron chi connectivity index (χ0n) is 8.12. The minimum atomic E-state index is -0.851. The number of carboxylic acid groups (broad SMARTS) is 1. The van der Waals surface area contributed by atoms with Crippen molar-refractivity contribution in [2.75, 3.05) is 6.61 Å². The number of carboxylic acids is 1. The van der Waals surface area contributed by atoms with Gasteiger partial charge in [-0.1, -0.05) is 13.8 Å². The molecule has 0 aromatic heterocycles. The van der Waals surface area contributed by atoms with Crippen LogP contribution in [0.15, 0.2) is 0 Å². The molecule has 0 bridgehead atoms. The van der Waals surface area contributed by atoms with Gasteiger partial charge in [-0.3, -0.25) is 4.79 Å². The molecule has 1 heterocycles. The minimum absolute atomic E-state index is 0.00375. The molecule has 3 N–H and O–H groups in total. The van der Waals surface area contributed by atoms with Crippen LogP contribution >= 0.6 is 0 Å². The Morgan fingerprint density at radius 1 is 1.77 bits per heavy atom. The maximum atomic E-state index is 10.5. The van der Waals surface area contributed by atoms with Crippen molar-refractivity contribution >= 4 is 5.97 Å². The summed E-state index contributed by atoms with van der Waals surface area (Å²) in [6.07, 6.45) is 0.761. The summed E-state index contributed by atoms with van der Waals surface area (Å²) in [5, 5.41) is 8.63. The van der Waals surface area contributed by atoms with Crippen LogP contribution in [-0.4, -0.2) is 29.3 Å². The third-order valence-corrected chi connectivity index (χ3v) is 2.44. The monoisotopic (exact) mass is 187 g/mol. The number of nitrogens with two attached hydrogens (primary N) is 1. The first kappa shape index (κ1) is 10.5. The van der Waals surface area contributed by atoms with Gasteiger partial charge in [0.1, 0.15) is 0 Å². The molecule has 0 saturated carbocycles. The molecule has 76 valence electrons. The van der Waals surface area contributed by atoms with Crippen molar-refractivity contribution in [2.45, 2.75) is 38.3 Å². The summed E-state index contributed by atoms with van der Waals surface area (Å²) >= 11 is 0. The van der Waals surface area contributed by atoms with Crippen molar-refractivity contribution in [1.29, 1.82) is 0 Å². The summed E-state index contributed by atoms with van der Waals surface area (Å²) in [5.74, 6) is -0.449. The first-order chi connectivity index (χ1) is 5.93. The molecule has 0 amide bonds. The Bertz CT molecular complexity index is 205. The molecule has 0 spiro atoms. The summed E-state index contributed by atoms with van der Waals surface area (Å²) in [6, 6.07) is 0. The third-order valence-electron chi connectivity index (χ3n) is 2.44. The highest BCUT2D eigenvalue weighted by molar-refractivity contribution is 5.68. The molecule has 2 unspecified atom stereocenters. The zero-order chi connectivity index (χ0) is 10.1. The van der Waals surface area contributed by atoms with Crippen LogP contribution in [0.25, 0.3) is 0 Å². The summed E-state index contributed by atoms with van der Waals surface area (Å²) in [6.45, 7) is 4.47. The minimum Gasteiger partial charge on any atom is -0.481 e. The van der Waals surface area contributed by atoms with Crippen LogP contribution in [0.4, 0.5) is 0 Å². The van der Waals surface area contributed by atoms with Gasteiger partial charge in [0.2, 0.25) is 0 Å². The van der Waals surface area contributed by atoms with Crippen LogP contribution in [0, 0.1) is 5.92 Å². The van der Waals surface area contributed by atoms with Gasteiger partial charge < -0.3 is 15.6 Å². The van der Waals surface area contributed by atoms with E-state index in [4.69, 9.17) is 15.6 Å². The van der Waals surface area contributed by atoms with Gasteiger partial charge in [0, 0.05) is 0 Å². The van der Waals surface area contributed by atoms with Gasteiger partial charge in [-0.25, -0.2) is 0 Å². The second-order valence-electron chi connectivity index (χ2n) is 4.23. The summed E-state index contributed by atoms with van der Waals surface area (Å²) in [7, 11) is 0. The van der Waals surface area contributed by atoms with Crippen molar-refractivity contribution in [1.82, 2.24) is 0 Å². The van der Waals surface area contributed by atoms with Gasteiger partial charge in [-0.2, -0.15) is 0 Å². The molecule has 0 aliphatic carbocycles. The molecule has 4 heteroatoms. The first-order valence-corrected chi connectivity index (χ1v) is 4.55. The number of aliphatic carboxylic acids is 1. The lowest BCUT2D eigenvalue weighted by Crippen LogP contribution is -2.42. The highest BCUT2D eigenvalue weighted by Gasteiger charge is 2.39. The molecule has 0 aromatic rings. The van der Waals surface area contributed by atoms with E-state index in [2.05, 4.69) is 13.8 Å². The quantitative estimate of drug-likeness (QED) is 0.678. The molecule has 1 rings (SSSR count). The fourth-order valence-corrected chi connectivity index (χ4v) is 1.64. The van der Waals surface area contributed by atoms with Crippen LogP contribution in [0.1, 0.15) is 26.7 Å². The summed E-state index contributed by atoms with van der Waals surface area (Å²) < 4.78 is 5.44. The SMILES string of the molecule is CC(C)C1CC(N)(CC(=O)O)CO1. The smallest absolute Gasteiger partial charge is 0.305 e. The Morgan fingerprint density at radius 3 is 2.77 bits per heavy atom. The standard InChI is InChI=1S/C9H17NO3/c1-6(2)7-3-9(10,5-13-7)4-8(11)12/h6-7H,3-5,10H2,1-2H3,(H,11,12). The van der Waals surface area contributed by atoms with E-state index < -0.39 is 11.5 Å². The van der Waals surface area contributed by atoms with Crippen molar-refractivity contribution in [3.63, 3.8) is 0 Å². The fraction of sp³-hybridized carbons (Fsp3) is 0.889. The van der Waals surface area contributed by atoms with Crippen LogP contribution in [0.2, 0.25) is 0 Å². The highest BCUT2D eigenvalue weighted by atomic mass is 16.5. The van der Waals surface area contributed by atoms with Gasteiger partial charge >= 0.3 is 5.97 Å². The van der Waals surface area contributed by atoms with Crippen molar-refractivity contribution in [2.24, 2.45) is 11.7 Å². The molecule has 4 nitrogen and oxygen atoms in total. The number of hydrogen-bond donors (Lipinski definition) is 2. The lowest BCUT2D eigenvalue weighted by molar-refractivity contribution is -0.138. The fourth-order valence-electron chi connectivity index (χ4n) is 1.64. The number of hydrogen-bond acceptors (Lipinski definition) is 3. The first-order valence-electron chi connectivity index (χ1n) is 4.55. The molecular weight excluding hydrogens is 170 g/mol. The molecule has 1 aliphatic heterocycles. The summed E-state index contributed by atoms with van der Waals surface area (Å²) in [4.78, 5) is 10.5. The van der Waals surface area contributed by atoms with Gasteiger partial charge in [0.25, 0.3) is 0 Å². The Morgan fingerprint density at radius 2 is 2.38 bits per heavy atom. The second-order valence-corrected chi connectivity index (χ2v) is 4.23. The lowest BCUT2D eigenvalue weighted by Gasteiger charge is -2.19. The van der Waals surface area contributed by atoms with Gasteiger partial charge in [0.15, 0.2) is 0 Å². The van der Waals surface area contributed by atoms with E-state index in [1.165, 1.54) is 0 Å². The average Bonchev–Trinajstić information content (AvgIpc) is 2.29. The van der Waals surface area contributed by atoms with E-state index in [-0.39, 0.29) is 12.5 Å². The zero-order valence-corrected chi connectivity index (χ0v) is 8.12. The molecule has 1 saturated heterocycles. The van der Waals surface area contributed by atoms with E-state index in [9.17, 15) is 4.79 Å². The van der Waals surface area contributed by atoms with E-state index in [1.807, 2.05) is 0 Å². The highest BCUT2D eigenvalue weighted by Crippen LogP contribution is 2.28. The van der Waals surface area contributed by atoms with Gasteiger partial charge in [-0.05, 0) is 12.3 Å². The topological polar surface area (TPSA) is 72.6 Å².